The number of anilines is 1. The van der Waals surface area contributed by atoms with Gasteiger partial charge in [0.1, 0.15) is 19.3 Å². The van der Waals surface area contributed by atoms with E-state index >= 15 is 0 Å². The van der Waals surface area contributed by atoms with E-state index in [1.54, 1.807) is 11.0 Å². The number of amides is 1. The minimum Gasteiger partial charge on any atom is -0.369 e. The Morgan fingerprint density at radius 2 is 2.21 bits per heavy atom. The summed E-state index contributed by atoms with van der Waals surface area (Å²) in [5.41, 5.74) is 1.43. The van der Waals surface area contributed by atoms with Crippen molar-refractivity contribution in [3.8, 4) is 5.69 Å². The molecule has 0 aliphatic heterocycles. The van der Waals surface area contributed by atoms with Crippen LogP contribution >= 0.6 is 0 Å². The van der Waals surface area contributed by atoms with Crippen LogP contribution in [-0.2, 0) is 9.53 Å². The Bertz CT molecular complexity index is 537. The van der Waals surface area contributed by atoms with Crippen molar-refractivity contribution < 1.29 is 9.53 Å². The summed E-state index contributed by atoms with van der Waals surface area (Å²) < 4.78 is 6.86. The Labute approximate surface area is 111 Å². The lowest BCUT2D eigenvalue weighted by Gasteiger charge is -2.11. The van der Waals surface area contributed by atoms with E-state index in [0.29, 0.717) is 5.69 Å². The number of carbonyl (C=O) groups is 1. The first kappa shape index (κ1) is 13.2. The zero-order chi connectivity index (χ0) is 13.7. The molecule has 0 unspecified atom stereocenters. The molecule has 0 atom stereocenters. The first-order valence-electron chi connectivity index (χ1n) is 6.02. The molecular weight excluding hydrogens is 244 g/mol. The molecule has 1 aromatic carbocycles. The Hall–Kier alpha value is -2.21. The number of para-hydroxylation sites is 2. The van der Waals surface area contributed by atoms with Gasteiger partial charge in [-0.05, 0) is 26.0 Å². The normalized spacial score (nSPS) is 10.7. The van der Waals surface area contributed by atoms with Crippen molar-refractivity contribution in [3.05, 3.63) is 36.9 Å². The minimum absolute atomic E-state index is 0.0244. The average molecular weight is 260 g/mol. The second-order valence-electron chi connectivity index (χ2n) is 4.27. The predicted molar refractivity (Wildman–Crippen MR) is 71.1 cm³/mol. The first-order chi connectivity index (χ1) is 9.16. The molecule has 0 saturated carbocycles. The zero-order valence-corrected chi connectivity index (χ0v) is 10.9. The molecule has 0 aliphatic rings. The van der Waals surface area contributed by atoms with Gasteiger partial charge in [0.15, 0.2) is 0 Å². The highest BCUT2D eigenvalue weighted by atomic mass is 16.5. The van der Waals surface area contributed by atoms with Gasteiger partial charge in [0.25, 0.3) is 0 Å². The molecule has 0 spiro atoms. The Balaban J connectivity index is 2.10. The van der Waals surface area contributed by atoms with E-state index in [4.69, 9.17) is 4.74 Å². The number of hydrogen-bond donors (Lipinski definition) is 1. The molecule has 6 nitrogen and oxygen atoms in total. The van der Waals surface area contributed by atoms with Gasteiger partial charge in [-0.3, -0.25) is 4.79 Å². The molecule has 1 heterocycles. The average Bonchev–Trinajstić information content (AvgIpc) is 2.91. The van der Waals surface area contributed by atoms with Crippen molar-refractivity contribution in [3.63, 3.8) is 0 Å². The third kappa shape index (κ3) is 3.62. The van der Waals surface area contributed by atoms with E-state index in [1.807, 2.05) is 38.1 Å². The molecule has 0 saturated heterocycles. The molecule has 0 bridgehead atoms. The molecule has 19 heavy (non-hydrogen) atoms. The van der Waals surface area contributed by atoms with Crippen LogP contribution in [-0.4, -0.2) is 33.4 Å². The number of benzene rings is 1. The topological polar surface area (TPSA) is 69.0 Å². The largest absolute Gasteiger partial charge is 0.369 e. The Morgan fingerprint density at radius 3 is 2.89 bits per heavy atom. The lowest BCUT2D eigenvalue weighted by Crippen LogP contribution is -2.21. The Morgan fingerprint density at radius 1 is 1.42 bits per heavy atom. The van der Waals surface area contributed by atoms with E-state index in [9.17, 15) is 4.79 Å². The van der Waals surface area contributed by atoms with Crippen LogP contribution < -0.4 is 5.32 Å². The smallest absolute Gasteiger partial charge is 0.250 e. The van der Waals surface area contributed by atoms with E-state index in [0.717, 1.165) is 5.69 Å². The highest BCUT2D eigenvalue weighted by Gasteiger charge is 2.09. The number of aromatic nitrogens is 3. The summed E-state index contributed by atoms with van der Waals surface area (Å²) in [7, 11) is 0. The molecule has 0 aliphatic carbocycles. The van der Waals surface area contributed by atoms with Crippen molar-refractivity contribution >= 4 is 11.6 Å². The third-order valence-electron chi connectivity index (χ3n) is 2.39. The predicted octanol–water partition coefficient (Wildman–Crippen LogP) is 1.63. The molecule has 2 aromatic rings. The summed E-state index contributed by atoms with van der Waals surface area (Å²) in [6.45, 7) is 3.80. The zero-order valence-electron chi connectivity index (χ0n) is 10.9. The standard InChI is InChI=1S/C13H16N4O2/c1-10(2)19-7-13(18)16-11-5-3-4-6-12(11)17-9-14-8-15-17/h3-6,8-10H,7H2,1-2H3,(H,16,18). The maximum absolute atomic E-state index is 11.8. The van der Waals surface area contributed by atoms with Gasteiger partial charge in [-0.2, -0.15) is 5.10 Å². The highest BCUT2D eigenvalue weighted by Crippen LogP contribution is 2.18. The van der Waals surface area contributed by atoms with Gasteiger partial charge in [-0.15, -0.1) is 0 Å². The van der Waals surface area contributed by atoms with E-state index in [2.05, 4.69) is 15.4 Å². The molecule has 1 amide bonds. The third-order valence-corrected chi connectivity index (χ3v) is 2.39. The van der Waals surface area contributed by atoms with Crippen LogP contribution in [0.3, 0.4) is 0 Å². The van der Waals surface area contributed by atoms with Gasteiger partial charge in [0.2, 0.25) is 5.91 Å². The van der Waals surface area contributed by atoms with Gasteiger partial charge >= 0.3 is 0 Å². The van der Waals surface area contributed by atoms with Crippen LogP contribution in [0, 0.1) is 0 Å². The fourth-order valence-corrected chi connectivity index (χ4v) is 1.54. The number of nitrogens with zero attached hydrogens (tertiary/aromatic N) is 3. The summed E-state index contributed by atoms with van der Waals surface area (Å²) in [5, 5.41) is 6.85. The van der Waals surface area contributed by atoms with Gasteiger partial charge < -0.3 is 10.1 Å². The van der Waals surface area contributed by atoms with Gasteiger partial charge in [-0.25, -0.2) is 9.67 Å². The second kappa shape index (κ2) is 6.10. The van der Waals surface area contributed by atoms with Crippen LogP contribution in [0.25, 0.3) is 5.69 Å². The van der Waals surface area contributed by atoms with Crippen LogP contribution in [0.5, 0.6) is 0 Å². The maximum Gasteiger partial charge on any atom is 0.250 e. The van der Waals surface area contributed by atoms with Crippen molar-refractivity contribution in [2.45, 2.75) is 20.0 Å². The molecule has 6 heteroatoms. The van der Waals surface area contributed by atoms with Crippen molar-refractivity contribution in [2.75, 3.05) is 11.9 Å². The molecule has 2 rings (SSSR count). The molecule has 1 aromatic heterocycles. The molecule has 0 fully saturated rings. The summed E-state index contributed by atoms with van der Waals surface area (Å²) in [6, 6.07) is 7.38. The number of carbonyl (C=O) groups excluding carboxylic acids is 1. The van der Waals surface area contributed by atoms with Crippen LogP contribution in [0.4, 0.5) is 5.69 Å². The van der Waals surface area contributed by atoms with Crippen LogP contribution in [0.1, 0.15) is 13.8 Å². The van der Waals surface area contributed by atoms with Crippen molar-refractivity contribution in [1.29, 1.82) is 0 Å². The number of nitrogens with one attached hydrogen (secondary N) is 1. The van der Waals surface area contributed by atoms with Crippen LogP contribution in [0.2, 0.25) is 0 Å². The second-order valence-corrected chi connectivity index (χ2v) is 4.27. The quantitative estimate of drug-likeness (QED) is 0.887. The monoisotopic (exact) mass is 260 g/mol. The van der Waals surface area contributed by atoms with Gasteiger partial charge in [0.05, 0.1) is 17.5 Å². The van der Waals surface area contributed by atoms with E-state index in [-0.39, 0.29) is 18.6 Å². The van der Waals surface area contributed by atoms with E-state index < -0.39 is 0 Å². The lowest BCUT2D eigenvalue weighted by atomic mass is 10.2. The molecule has 100 valence electrons. The van der Waals surface area contributed by atoms with Gasteiger partial charge in [0, 0.05) is 0 Å². The molecule has 1 N–H and O–H groups in total. The maximum atomic E-state index is 11.8. The summed E-state index contributed by atoms with van der Waals surface area (Å²) in [5.74, 6) is -0.193. The summed E-state index contributed by atoms with van der Waals surface area (Å²) in [6.07, 6.45) is 3.05. The first-order valence-corrected chi connectivity index (χ1v) is 6.02. The number of hydrogen-bond acceptors (Lipinski definition) is 4. The summed E-state index contributed by atoms with van der Waals surface area (Å²) in [4.78, 5) is 15.7. The van der Waals surface area contributed by atoms with Crippen molar-refractivity contribution in [2.24, 2.45) is 0 Å². The SMILES string of the molecule is CC(C)OCC(=O)Nc1ccccc1-n1cncn1. The minimum atomic E-state index is -0.193. The van der Waals surface area contributed by atoms with Crippen LogP contribution in [0.15, 0.2) is 36.9 Å². The van der Waals surface area contributed by atoms with Crippen molar-refractivity contribution in [1.82, 2.24) is 14.8 Å². The Kier molecular flexibility index (Phi) is 4.25. The fourth-order valence-electron chi connectivity index (χ4n) is 1.54. The molecular formula is C13H16N4O2. The number of ether oxygens (including phenoxy) is 1. The summed E-state index contributed by atoms with van der Waals surface area (Å²) >= 11 is 0. The molecule has 0 radical (unpaired) electrons. The van der Waals surface area contributed by atoms with Gasteiger partial charge in [-0.1, -0.05) is 12.1 Å². The highest BCUT2D eigenvalue weighted by molar-refractivity contribution is 5.93. The number of rotatable bonds is 5. The van der Waals surface area contributed by atoms with E-state index in [1.165, 1.54) is 6.33 Å². The fraction of sp³-hybridized carbons (Fsp3) is 0.308. The lowest BCUT2D eigenvalue weighted by molar-refractivity contribution is -0.121.